The second-order valence-electron chi connectivity index (χ2n) is 5.90. The zero-order valence-corrected chi connectivity index (χ0v) is 17.6. The largest absolute Gasteiger partial charge is 0.507 e. The highest BCUT2D eigenvalue weighted by Gasteiger charge is 2.20. The summed E-state index contributed by atoms with van der Waals surface area (Å²) >= 11 is 0. The fourth-order valence-corrected chi connectivity index (χ4v) is 3.95. The maximum atomic E-state index is 12.0. The number of phenolic OH excluding ortho intramolecular Hbond substituents is 1. The Morgan fingerprint density at radius 2 is 1.53 bits per heavy atom. The number of rotatable bonds is 6. The molecule has 0 saturated heterocycles. The molecule has 0 unspecified atom stereocenters. The number of anilines is 1. The van der Waals surface area contributed by atoms with Crippen LogP contribution < -0.4 is 5.32 Å². The van der Waals surface area contributed by atoms with Crippen LogP contribution in [0, 0.1) is 0 Å². The van der Waals surface area contributed by atoms with Gasteiger partial charge in [-0.25, -0.2) is 18.2 Å². The Balaban J connectivity index is 2.60. The molecule has 164 valence electrons. The van der Waals surface area contributed by atoms with Crippen molar-refractivity contribution in [2.45, 2.75) is 16.7 Å². The molecular formula is C15H16N2O10S3. The Bertz CT molecular complexity index is 1360. The van der Waals surface area contributed by atoms with Crippen LogP contribution >= 0.6 is 0 Å². The number of carbonyl (C=O) groups is 1. The minimum Gasteiger partial charge on any atom is -0.507 e. The molecule has 0 heterocycles. The van der Waals surface area contributed by atoms with Gasteiger partial charge in [0.15, 0.2) is 9.84 Å². The van der Waals surface area contributed by atoms with Gasteiger partial charge >= 0.3 is 6.03 Å². The average Bonchev–Trinajstić information content (AvgIpc) is 2.59. The van der Waals surface area contributed by atoms with Crippen LogP contribution in [-0.2, 0) is 30.1 Å². The van der Waals surface area contributed by atoms with E-state index in [1.54, 1.807) is 0 Å². The molecule has 0 aliphatic rings. The average molecular weight is 480 g/mol. The fourth-order valence-electron chi connectivity index (χ4n) is 2.33. The summed E-state index contributed by atoms with van der Waals surface area (Å²) in [6, 6.07) is 1.93. The van der Waals surface area contributed by atoms with Crippen LogP contribution in [-0.4, -0.2) is 63.2 Å². The van der Waals surface area contributed by atoms with Crippen molar-refractivity contribution in [1.82, 2.24) is 0 Å². The van der Waals surface area contributed by atoms with Crippen LogP contribution in [0.25, 0.3) is 10.8 Å². The van der Waals surface area contributed by atoms with Crippen molar-refractivity contribution in [1.29, 1.82) is 0 Å². The van der Waals surface area contributed by atoms with Crippen molar-refractivity contribution in [2.24, 2.45) is 4.99 Å². The lowest BCUT2D eigenvalue weighted by Crippen LogP contribution is -2.13. The first-order chi connectivity index (χ1) is 13.6. The summed E-state index contributed by atoms with van der Waals surface area (Å²) in [4.78, 5) is 13.8. The summed E-state index contributed by atoms with van der Waals surface area (Å²) in [7, 11) is -13.0. The molecule has 4 N–H and O–H groups in total. The minimum absolute atomic E-state index is 0.175. The zero-order valence-electron chi connectivity index (χ0n) is 15.2. The molecule has 0 radical (unpaired) electrons. The van der Waals surface area contributed by atoms with E-state index in [2.05, 4.69) is 10.3 Å². The predicted octanol–water partition coefficient (Wildman–Crippen LogP) is 1.08. The molecule has 0 bridgehead atoms. The minimum atomic E-state index is -4.82. The molecular weight excluding hydrogens is 464 g/mol. The third-order valence-corrected chi connectivity index (χ3v) is 6.99. The third kappa shape index (κ3) is 5.73. The molecule has 30 heavy (non-hydrogen) atoms. The van der Waals surface area contributed by atoms with Crippen LogP contribution in [0.4, 0.5) is 10.5 Å². The zero-order chi connectivity index (χ0) is 22.9. The number of sulfone groups is 1. The number of nitrogens with one attached hydrogen (secondary N) is 1. The lowest BCUT2D eigenvalue weighted by Gasteiger charge is -2.12. The Morgan fingerprint density at radius 1 is 1.00 bits per heavy atom. The van der Waals surface area contributed by atoms with Crippen molar-refractivity contribution in [3.05, 3.63) is 24.3 Å². The highest BCUT2D eigenvalue weighted by Crippen LogP contribution is 2.36. The van der Waals surface area contributed by atoms with E-state index in [1.807, 2.05) is 0 Å². The lowest BCUT2D eigenvalue weighted by molar-refractivity contribution is 0.259. The van der Waals surface area contributed by atoms with E-state index in [9.17, 15) is 39.7 Å². The first kappa shape index (κ1) is 23.7. The summed E-state index contributed by atoms with van der Waals surface area (Å²) in [5, 5.41) is 11.8. The van der Waals surface area contributed by atoms with Gasteiger partial charge in [-0.3, -0.25) is 9.11 Å². The number of phenols is 1. The summed E-state index contributed by atoms with van der Waals surface area (Å²) < 4.78 is 87.0. The molecule has 0 aliphatic heterocycles. The molecule has 0 fully saturated rings. The molecule has 0 aromatic heterocycles. The first-order valence-corrected chi connectivity index (χ1v) is 12.6. The first-order valence-electron chi connectivity index (χ1n) is 7.94. The Hall–Kier alpha value is -2.59. The number of hydrogen-bond acceptors (Lipinski definition) is 8. The SMILES string of the molecule is CCS(=O)(=O)CC=NC(=O)Nc1cc(S(=O)(=O)O)cc2cc(S(=O)(=O)O)cc(O)c12. The Kier molecular flexibility index (Phi) is 6.53. The Labute approximate surface area is 171 Å². The molecule has 12 nitrogen and oxygen atoms in total. The topological polar surface area (TPSA) is 205 Å². The molecule has 2 aromatic rings. The van der Waals surface area contributed by atoms with Crippen LogP contribution in [0.15, 0.2) is 39.0 Å². The maximum absolute atomic E-state index is 12.0. The second-order valence-corrected chi connectivity index (χ2v) is 11.1. The number of carbonyl (C=O) groups excluding carboxylic acids is 1. The van der Waals surface area contributed by atoms with Crippen LogP contribution in [0.5, 0.6) is 5.75 Å². The summed E-state index contributed by atoms with van der Waals surface area (Å²) in [6.07, 6.45) is 0.819. The second kappa shape index (κ2) is 8.27. The van der Waals surface area contributed by atoms with Crippen LogP contribution in [0.1, 0.15) is 6.92 Å². The number of aromatic hydroxyl groups is 1. The van der Waals surface area contributed by atoms with Gasteiger partial charge in [-0.05, 0) is 23.6 Å². The summed E-state index contributed by atoms with van der Waals surface area (Å²) in [6.45, 7) is 1.40. The van der Waals surface area contributed by atoms with Crippen LogP contribution in [0.2, 0.25) is 0 Å². The van der Waals surface area contributed by atoms with Gasteiger partial charge < -0.3 is 10.4 Å². The van der Waals surface area contributed by atoms with Gasteiger partial charge in [-0.1, -0.05) is 6.92 Å². The quantitative estimate of drug-likeness (QED) is 0.342. The molecule has 2 amide bonds. The molecule has 2 aromatic carbocycles. The third-order valence-electron chi connectivity index (χ3n) is 3.79. The molecule has 15 heteroatoms. The highest BCUT2D eigenvalue weighted by molar-refractivity contribution is 7.92. The van der Waals surface area contributed by atoms with Gasteiger partial charge in [-0.15, -0.1) is 0 Å². The van der Waals surface area contributed by atoms with Crippen molar-refractivity contribution in [3.8, 4) is 5.75 Å². The maximum Gasteiger partial charge on any atom is 0.345 e. The van der Waals surface area contributed by atoms with E-state index in [4.69, 9.17) is 4.55 Å². The summed E-state index contributed by atoms with van der Waals surface area (Å²) in [5.41, 5.74) is -0.375. The van der Waals surface area contributed by atoms with Gasteiger partial charge in [0.25, 0.3) is 20.2 Å². The number of urea groups is 1. The fraction of sp³-hybridized carbons (Fsp3) is 0.200. The van der Waals surface area contributed by atoms with Crippen molar-refractivity contribution in [3.63, 3.8) is 0 Å². The molecule has 0 aliphatic carbocycles. The van der Waals surface area contributed by atoms with Crippen molar-refractivity contribution < 1.29 is 44.3 Å². The lowest BCUT2D eigenvalue weighted by atomic mass is 10.1. The highest BCUT2D eigenvalue weighted by atomic mass is 32.2. The van der Waals surface area contributed by atoms with Crippen LogP contribution in [0.3, 0.4) is 0 Å². The molecule has 2 rings (SSSR count). The Morgan fingerprint density at radius 3 is 2.03 bits per heavy atom. The number of hydrogen-bond donors (Lipinski definition) is 4. The summed E-state index contributed by atoms with van der Waals surface area (Å²) in [5.74, 6) is -1.44. The number of fused-ring (bicyclic) bond motifs is 1. The van der Waals surface area contributed by atoms with E-state index in [0.29, 0.717) is 6.07 Å². The van der Waals surface area contributed by atoms with Gasteiger partial charge in [0.1, 0.15) is 5.75 Å². The van der Waals surface area contributed by atoms with Crippen molar-refractivity contribution >= 4 is 58.8 Å². The molecule has 0 saturated carbocycles. The molecule has 0 atom stereocenters. The van der Waals surface area contributed by atoms with Crippen molar-refractivity contribution in [2.75, 3.05) is 16.8 Å². The normalized spacial score (nSPS) is 13.0. The van der Waals surface area contributed by atoms with E-state index in [1.165, 1.54) is 6.92 Å². The van der Waals surface area contributed by atoms with Gasteiger partial charge in [0.05, 0.1) is 21.2 Å². The standard InChI is InChI=1S/C15H16N2O10S3/c1-2-28(20,21)4-3-16-15(19)17-12-7-10(29(22,23)24)5-9-6-11(30(25,26)27)8-13(18)14(9)12/h3,5-8,18H,2,4H2,1H3,(H,17,19)(H,22,23,24)(H,25,26,27). The van der Waals surface area contributed by atoms with E-state index >= 15 is 0 Å². The number of amides is 2. The monoisotopic (exact) mass is 480 g/mol. The predicted molar refractivity (Wildman–Crippen MR) is 107 cm³/mol. The van der Waals surface area contributed by atoms with E-state index in [-0.39, 0.29) is 22.2 Å². The number of aliphatic imine (C=N–C) groups is 1. The number of nitrogens with zero attached hydrogens (tertiary/aromatic N) is 1. The number of benzene rings is 2. The smallest absolute Gasteiger partial charge is 0.345 e. The van der Waals surface area contributed by atoms with E-state index in [0.717, 1.165) is 24.4 Å². The molecule has 0 spiro atoms. The van der Waals surface area contributed by atoms with E-state index < -0.39 is 57.4 Å². The van der Waals surface area contributed by atoms with Gasteiger partial charge in [0, 0.05) is 23.4 Å². The van der Waals surface area contributed by atoms with Gasteiger partial charge in [0.2, 0.25) is 0 Å². The van der Waals surface area contributed by atoms with Gasteiger partial charge in [-0.2, -0.15) is 16.8 Å².